The Morgan fingerprint density at radius 2 is 1.84 bits per heavy atom. The van der Waals surface area contributed by atoms with Gasteiger partial charge in [-0.1, -0.05) is 6.42 Å². The molecule has 2 saturated carbocycles. The van der Waals surface area contributed by atoms with Gasteiger partial charge in [-0.3, -0.25) is 14.4 Å². The number of nitrogens with one attached hydrogen (secondary N) is 1. The minimum absolute atomic E-state index is 0.0229. The summed E-state index contributed by atoms with van der Waals surface area (Å²) in [6.45, 7) is 1.69. The van der Waals surface area contributed by atoms with Crippen LogP contribution in [0.4, 0.5) is 0 Å². The highest BCUT2D eigenvalue weighted by molar-refractivity contribution is 5.81. The number of likely N-dealkylation sites (tertiary alicyclic amines) is 1. The summed E-state index contributed by atoms with van der Waals surface area (Å²) in [5.74, 6) is 1.09. The van der Waals surface area contributed by atoms with Gasteiger partial charge in [0.05, 0.1) is 24.4 Å². The van der Waals surface area contributed by atoms with Crippen molar-refractivity contribution < 1.29 is 14.3 Å². The Morgan fingerprint density at radius 3 is 2.62 bits per heavy atom. The second-order valence-electron chi connectivity index (χ2n) is 9.92. The van der Waals surface area contributed by atoms with Gasteiger partial charge >= 0.3 is 0 Å². The number of nitrogens with zero attached hydrogens (tertiary/aromatic N) is 3. The van der Waals surface area contributed by atoms with Crippen molar-refractivity contribution in [1.29, 1.82) is 0 Å². The van der Waals surface area contributed by atoms with E-state index in [9.17, 15) is 14.4 Å². The zero-order chi connectivity index (χ0) is 22.2. The number of aromatic amines is 1. The second-order valence-corrected chi connectivity index (χ2v) is 9.92. The number of methoxy groups -OCH3 is 1. The van der Waals surface area contributed by atoms with Crippen LogP contribution < -0.4 is 5.56 Å². The predicted octanol–water partition coefficient (Wildman–Crippen LogP) is 2.32. The topological polar surface area (TPSA) is 95.6 Å². The Balaban J connectivity index is 1.38. The van der Waals surface area contributed by atoms with Crippen LogP contribution in [0.2, 0.25) is 0 Å². The van der Waals surface area contributed by atoms with E-state index >= 15 is 0 Å². The molecule has 1 aromatic heterocycles. The maximum absolute atomic E-state index is 13.5. The summed E-state index contributed by atoms with van der Waals surface area (Å²) >= 11 is 0. The van der Waals surface area contributed by atoms with Crippen LogP contribution in [0.1, 0.15) is 80.9 Å². The normalized spacial score (nSPS) is 28.3. The van der Waals surface area contributed by atoms with Gasteiger partial charge in [-0.2, -0.15) is 0 Å². The molecule has 4 aliphatic rings. The lowest BCUT2D eigenvalue weighted by atomic mass is 9.85. The molecule has 3 fully saturated rings. The van der Waals surface area contributed by atoms with Gasteiger partial charge < -0.3 is 19.5 Å². The quantitative estimate of drug-likeness (QED) is 0.772. The van der Waals surface area contributed by atoms with E-state index in [0.29, 0.717) is 43.1 Å². The third-order valence-electron chi connectivity index (χ3n) is 7.74. The first kappa shape index (κ1) is 21.6. The van der Waals surface area contributed by atoms with Gasteiger partial charge in [-0.15, -0.1) is 0 Å². The number of aromatic nitrogens is 2. The summed E-state index contributed by atoms with van der Waals surface area (Å²) in [7, 11) is 1.72. The van der Waals surface area contributed by atoms with Crippen LogP contribution in [0.3, 0.4) is 0 Å². The Kier molecular flexibility index (Phi) is 6.05. The molecule has 174 valence electrons. The number of hydrogen-bond donors (Lipinski definition) is 1. The molecule has 8 heteroatoms. The number of H-pyrrole nitrogens is 1. The van der Waals surface area contributed by atoms with Crippen LogP contribution >= 0.6 is 0 Å². The molecule has 5 rings (SSSR count). The van der Waals surface area contributed by atoms with Crippen molar-refractivity contribution in [3.8, 4) is 0 Å². The lowest BCUT2D eigenvalue weighted by Crippen LogP contribution is -2.45. The highest BCUT2D eigenvalue weighted by Crippen LogP contribution is 2.35. The van der Waals surface area contributed by atoms with Crippen molar-refractivity contribution >= 4 is 11.8 Å². The summed E-state index contributed by atoms with van der Waals surface area (Å²) in [6.07, 6.45) is 9.11. The van der Waals surface area contributed by atoms with Gasteiger partial charge in [-0.05, 0) is 57.8 Å². The molecular weight excluding hydrogens is 408 g/mol. The molecule has 1 N–H and O–H groups in total. The predicted molar refractivity (Wildman–Crippen MR) is 118 cm³/mol. The van der Waals surface area contributed by atoms with E-state index in [1.807, 2.05) is 9.80 Å². The van der Waals surface area contributed by atoms with E-state index in [4.69, 9.17) is 9.72 Å². The molecule has 0 unspecified atom stereocenters. The second kappa shape index (κ2) is 8.96. The molecule has 3 atom stereocenters. The number of carbonyl (C=O) groups excluding carboxylic acids is 2. The standard InChI is InChI=1S/C24H34N4O4/c1-32-17-6-4-5-16(13-17)24(31)28-11-3-2-7-20(28)21-25-19-14-27(23(30)15-8-9-15)12-10-18(19)22(29)26-21/h15-17,20H,2-14H2,1H3,(H,25,26,29)/t16-,17-,20+/m0/s1. The molecule has 0 bridgehead atoms. The minimum atomic E-state index is -0.202. The first-order valence-electron chi connectivity index (χ1n) is 12.3. The maximum atomic E-state index is 13.5. The molecule has 1 aromatic rings. The highest BCUT2D eigenvalue weighted by Gasteiger charge is 2.38. The molecular formula is C24H34N4O4. The van der Waals surface area contributed by atoms with Crippen LogP contribution in [0.25, 0.3) is 0 Å². The van der Waals surface area contributed by atoms with E-state index in [0.717, 1.165) is 57.8 Å². The van der Waals surface area contributed by atoms with E-state index in [1.165, 1.54) is 0 Å². The van der Waals surface area contributed by atoms with Crippen molar-refractivity contribution in [3.63, 3.8) is 0 Å². The minimum Gasteiger partial charge on any atom is -0.381 e. The third-order valence-corrected chi connectivity index (χ3v) is 7.74. The average molecular weight is 443 g/mol. The number of rotatable bonds is 4. The molecule has 2 aliphatic heterocycles. The maximum Gasteiger partial charge on any atom is 0.254 e. The molecule has 1 saturated heterocycles. The fourth-order valence-electron chi connectivity index (χ4n) is 5.69. The number of fused-ring (bicyclic) bond motifs is 1. The first-order chi connectivity index (χ1) is 15.5. The van der Waals surface area contributed by atoms with Crippen LogP contribution in [0.5, 0.6) is 0 Å². The van der Waals surface area contributed by atoms with Crippen LogP contribution in [0, 0.1) is 11.8 Å². The third kappa shape index (κ3) is 4.21. The van der Waals surface area contributed by atoms with Gasteiger partial charge in [0.1, 0.15) is 5.82 Å². The average Bonchev–Trinajstić information content (AvgIpc) is 3.68. The molecule has 0 aromatic carbocycles. The Labute approximate surface area is 188 Å². The van der Waals surface area contributed by atoms with E-state index in [-0.39, 0.29) is 41.4 Å². The number of carbonyl (C=O) groups is 2. The fourth-order valence-corrected chi connectivity index (χ4v) is 5.69. The molecule has 0 radical (unpaired) electrons. The lowest BCUT2D eigenvalue weighted by Gasteiger charge is -2.39. The van der Waals surface area contributed by atoms with E-state index in [2.05, 4.69) is 4.98 Å². The lowest BCUT2D eigenvalue weighted by molar-refractivity contribution is -0.142. The fraction of sp³-hybridized carbons (Fsp3) is 0.750. The molecule has 0 spiro atoms. The summed E-state index contributed by atoms with van der Waals surface area (Å²) in [4.78, 5) is 50.6. The van der Waals surface area contributed by atoms with Crippen LogP contribution in [-0.4, -0.2) is 57.9 Å². The Morgan fingerprint density at radius 1 is 1.00 bits per heavy atom. The molecule has 2 aliphatic carbocycles. The Bertz CT molecular complexity index is 940. The van der Waals surface area contributed by atoms with Crippen molar-refractivity contribution in [2.75, 3.05) is 20.2 Å². The zero-order valence-electron chi connectivity index (χ0n) is 19.0. The highest BCUT2D eigenvalue weighted by atomic mass is 16.5. The summed E-state index contributed by atoms with van der Waals surface area (Å²) < 4.78 is 5.54. The van der Waals surface area contributed by atoms with Crippen LogP contribution in [0.15, 0.2) is 4.79 Å². The summed E-state index contributed by atoms with van der Waals surface area (Å²) in [5, 5.41) is 0. The monoisotopic (exact) mass is 442 g/mol. The first-order valence-corrected chi connectivity index (χ1v) is 12.3. The Hall–Kier alpha value is -2.22. The zero-order valence-corrected chi connectivity index (χ0v) is 19.0. The smallest absolute Gasteiger partial charge is 0.254 e. The molecule has 8 nitrogen and oxygen atoms in total. The van der Waals surface area contributed by atoms with Gasteiger partial charge in [0.15, 0.2) is 0 Å². The van der Waals surface area contributed by atoms with Crippen molar-refractivity contribution in [2.45, 2.75) is 82.9 Å². The number of piperidine rings is 1. The SMILES string of the molecule is CO[C@H]1CCC[C@H](C(=O)N2CCCC[C@@H]2c2nc3c(c(=O)[nH]2)CCN(C(=O)C2CC2)C3)C1. The molecule has 3 heterocycles. The van der Waals surface area contributed by atoms with E-state index < -0.39 is 0 Å². The van der Waals surface area contributed by atoms with Crippen molar-refractivity contribution in [2.24, 2.45) is 11.8 Å². The molecule has 32 heavy (non-hydrogen) atoms. The van der Waals surface area contributed by atoms with Gasteiger partial charge in [0.2, 0.25) is 11.8 Å². The van der Waals surface area contributed by atoms with Crippen molar-refractivity contribution in [3.05, 3.63) is 27.4 Å². The largest absolute Gasteiger partial charge is 0.381 e. The number of amides is 2. The van der Waals surface area contributed by atoms with Gasteiger partial charge in [-0.25, -0.2) is 4.98 Å². The van der Waals surface area contributed by atoms with E-state index in [1.54, 1.807) is 7.11 Å². The van der Waals surface area contributed by atoms with Crippen molar-refractivity contribution in [1.82, 2.24) is 19.8 Å². The number of ether oxygens (including phenoxy) is 1. The molecule has 2 amide bonds. The van der Waals surface area contributed by atoms with Gasteiger partial charge in [0, 0.05) is 37.6 Å². The summed E-state index contributed by atoms with van der Waals surface area (Å²) in [5.41, 5.74) is 1.29. The van der Waals surface area contributed by atoms with Gasteiger partial charge in [0.25, 0.3) is 5.56 Å². The van der Waals surface area contributed by atoms with Crippen LogP contribution in [-0.2, 0) is 27.3 Å². The number of hydrogen-bond acceptors (Lipinski definition) is 5. The summed E-state index contributed by atoms with van der Waals surface area (Å²) in [6, 6.07) is -0.202.